The zero-order chi connectivity index (χ0) is 14.6. The van der Waals surface area contributed by atoms with Crippen LogP contribution in [0.2, 0.25) is 0 Å². The van der Waals surface area contributed by atoms with Gasteiger partial charge in [-0.05, 0) is 44.7 Å². The van der Waals surface area contributed by atoms with Crippen molar-refractivity contribution < 1.29 is 0 Å². The first-order valence-electron chi connectivity index (χ1n) is 8.77. The molecule has 2 heterocycles. The van der Waals surface area contributed by atoms with Gasteiger partial charge in [0.05, 0.1) is 0 Å². The molecule has 20 heavy (non-hydrogen) atoms. The van der Waals surface area contributed by atoms with Crippen molar-refractivity contribution in [2.45, 2.75) is 65.5 Å². The molecule has 3 heteroatoms. The summed E-state index contributed by atoms with van der Waals surface area (Å²) < 4.78 is 0. The molecule has 2 aliphatic rings. The van der Waals surface area contributed by atoms with Crippen LogP contribution < -0.4 is 5.32 Å². The van der Waals surface area contributed by atoms with Crippen molar-refractivity contribution in [1.29, 1.82) is 0 Å². The molecule has 118 valence electrons. The Bertz CT molecular complexity index is 294. The van der Waals surface area contributed by atoms with Gasteiger partial charge in [0.2, 0.25) is 0 Å². The van der Waals surface area contributed by atoms with Gasteiger partial charge in [-0.15, -0.1) is 0 Å². The second-order valence-electron chi connectivity index (χ2n) is 7.37. The molecule has 0 aromatic carbocycles. The van der Waals surface area contributed by atoms with Crippen molar-refractivity contribution in [3.05, 3.63) is 0 Å². The number of nitrogens with one attached hydrogen (secondary N) is 1. The standard InChI is InChI=1S/C17H35N3/c1-5-17(4,13-18-6-2)14-20-12-16-9-7-8-10-19(16)11-15(20)3/h15-16,18H,5-14H2,1-4H3. The third-order valence-corrected chi connectivity index (χ3v) is 5.56. The number of piperazine rings is 1. The molecule has 0 saturated carbocycles. The Morgan fingerprint density at radius 3 is 2.70 bits per heavy atom. The second kappa shape index (κ2) is 7.24. The summed E-state index contributed by atoms with van der Waals surface area (Å²) in [4.78, 5) is 5.52. The van der Waals surface area contributed by atoms with E-state index in [0.29, 0.717) is 5.41 Å². The van der Waals surface area contributed by atoms with Crippen LogP contribution >= 0.6 is 0 Å². The van der Waals surface area contributed by atoms with E-state index < -0.39 is 0 Å². The molecule has 3 nitrogen and oxygen atoms in total. The molecule has 2 rings (SSSR count). The molecule has 0 spiro atoms. The van der Waals surface area contributed by atoms with E-state index in [1.165, 1.54) is 51.9 Å². The summed E-state index contributed by atoms with van der Waals surface area (Å²) in [6.07, 6.45) is 5.53. The predicted molar refractivity (Wildman–Crippen MR) is 87.2 cm³/mol. The first-order chi connectivity index (χ1) is 9.58. The minimum atomic E-state index is 0.418. The Morgan fingerprint density at radius 1 is 1.20 bits per heavy atom. The van der Waals surface area contributed by atoms with Crippen LogP contribution in [0.5, 0.6) is 0 Å². The number of hydrogen-bond donors (Lipinski definition) is 1. The molecule has 0 bridgehead atoms. The third kappa shape index (κ3) is 3.96. The second-order valence-corrected chi connectivity index (χ2v) is 7.37. The first-order valence-corrected chi connectivity index (χ1v) is 8.77. The number of nitrogens with zero attached hydrogens (tertiary/aromatic N) is 2. The van der Waals surface area contributed by atoms with Gasteiger partial charge in [-0.1, -0.05) is 27.2 Å². The average Bonchev–Trinajstić information content (AvgIpc) is 2.46. The Kier molecular flexibility index (Phi) is 5.88. The minimum Gasteiger partial charge on any atom is -0.316 e. The van der Waals surface area contributed by atoms with Gasteiger partial charge in [0, 0.05) is 38.3 Å². The van der Waals surface area contributed by atoms with Crippen LogP contribution in [0.3, 0.4) is 0 Å². The molecule has 0 aromatic heterocycles. The molecule has 3 atom stereocenters. The van der Waals surface area contributed by atoms with Gasteiger partial charge < -0.3 is 5.32 Å². The largest absolute Gasteiger partial charge is 0.316 e. The van der Waals surface area contributed by atoms with Crippen molar-refractivity contribution in [3.63, 3.8) is 0 Å². The maximum Gasteiger partial charge on any atom is 0.0223 e. The van der Waals surface area contributed by atoms with E-state index in [1.54, 1.807) is 0 Å². The number of hydrogen-bond acceptors (Lipinski definition) is 3. The van der Waals surface area contributed by atoms with Gasteiger partial charge >= 0.3 is 0 Å². The molecule has 0 aromatic rings. The Labute approximate surface area is 126 Å². The molecule has 3 unspecified atom stereocenters. The molecular weight excluding hydrogens is 246 g/mol. The fourth-order valence-corrected chi connectivity index (χ4v) is 3.84. The molecule has 0 amide bonds. The summed E-state index contributed by atoms with van der Waals surface area (Å²) in [5.74, 6) is 0. The van der Waals surface area contributed by atoms with E-state index in [-0.39, 0.29) is 0 Å². The summed E-state index contributed by atoms with van der Waals surface area (Å²) in [5.41, 5.74) is 0.418. The van der Waals surface area contributed by atoms with E-state index in [2.05, 4.69) is 42.8 Å². The summed E-state index contributed by atoms with van der Waals surface area (Å²) >= 11 is 0. The molecule has 2 saturated heterocycles. The first kappa shape index (κ1) is 16.3. The number of rotatable bonds is 6. The minimum absolute atomic E-state index is 0.418. The van der Waals surface area contributed by atoms with Crippen LogP contribution in [-0.2, 0) is 0 Å². The van der Waals surface area contributed by atoms with Crippen LogP contribution in [0, 0.1) is 5.41 Å². The predicted octanol–water partition coefficient (Wildman–Crippen LogP) is 2.57. The smallest absolute Gasteiger partial charge is 0.0223 e. The SMILES string of the molecule is CCNCC(C)(CC)CN1CC2CCCCN2CC1C. The van der Waals surface area contributed by atoms with E-state index in [1.807, 2.05) is 0 Å². The molecule has 2 aliphatic heterocycles. The molecular formula is C17H35N3. The van der Waals surface area contributed by atoms with Gasteiger partial charge in [0.15, 0.2) is 0 Å². The number of piperidine rings is 1. The zero-order valence-corrected chi connectivity index (χ0v) is 14.1. The maximum atomic E-state index is 3.56. The zero-order valence-electron chi connectivity index (χ0n) is 14.1. The summed E-state index contributed by atoms with van der Waals surface area (Å²) in [5, 5.41) is 3.56. The highest BCUT2D eigenvalue weighted by Gasteiger charge is 2.35. The fourth-order valence-electron chi connectivity index (χ4n) is 3.84. The summed E-state index contributed by atoms with van der Waals surface area (Å²) in [6, 6.07) is 1.55. The van der Waals surface area contributed by atoms with E-state index in [4.69, 9.17) is 0 Å². The van der Waals surface area contributed by atoms with Gasteiger partial charge in [-0.3, -0.25) is 9.80 Å². The van der Waals surface area contributed by atoms with Crippen molar-refractivity contribution in [1.82, 2.24) is 15.1 Å². The Morgan fingerprint density at radius 2 is 2.00 bits per heavy atom. The topological polar surface area (TPSA) is 18.5 Å². The van der Waals surface area contributed by atoms with Crippen LogP contribution in [0.4, 0.5) is 0 Å². The van der Waals surface area contributed by atoms with Gasteiger partial charge in [0.25, 0.3) is 0 Å². The lowest BCUT2D eigenvalue weighted by Crippen LogP contribution is -2.60. The van der Waals surface area contributed by atoms with Crippen molar-refractivity contribution >= 4 is 0 Å². The monoisotopic (exact) mass is 281 g/mol. The lowest BCUT2D eigenvalue weighted by atomic mass is 9.85. The lowest BCUT2D eigenvalue weighted by Gasteiger charge is -2.49. The highest BCUT2D eigenvalue weighted by atomic mass is 15.3. The van der Waals surface area contributed by atoms with Crippen LogP contribution in [0.25, 0.3) is 0 Å². The lowest BCUT2D eigenvalue weighted by molar-refractivity contribution is -0.00503. The van der Waals surface area contributed by atoms with Crippen molar-refractivity contribution in [3.8, 4) is 0 Å². The normalized spacial score (nSPS) is 31.8. The molecule has 2 fully saturated rings. The van der Waals surface area contributed by atoms with E-state index >= 15 is 0 Å². The maximum absolute atomic E-state index is 3.56. The highest BCUT2D eigenvalue weighted by Crippen LogP contribution is 2.28. The van der Waals surface area contributed by atoms with Gasteiger partial charge in [-0.25, -0.2) is 0 Å². The average molecular weight is 281 g/mol. The van der Waals surface area contributed by atoms with Crippen LogP contribution in [-0.4, -0.2) is 61.2 Å². The van der Waals surface area contributed by atoms with Gasteiger partial charge in [0.1, 0.15) is 0 Å². The number of fused-ring (bicyclic) bond motifs is 1. The summed E-state index contributed by atoms with van der Waals surface area (Å²) in [6.45, 7) is 16.8. The Balaban J connectivity index is 1.93. The summed E-state index contributed by atoms with van der Waals surface area (Å²) in [7, 11) is 0. The molecule has 0 aliphatic carbocycles. The molecule has 1 N–H and O–H groups in total. The quantitative estimate of drug-likeness (QED) is 0.807. The Hall–Kier alpha value is -0.120. The van der Waals surface area contributed by atoms with Gasteiger partial charge in [-0.2, -0.15) is 0 Å². The van der Waals surface area contributed by atoms with Crippen LogP contribution in [0.15, 0.2) is 0 Å². The fraction of sp³-hybridized carbons (Fsp3) is 1.00. The van der Waals surface area contributed by atoms with E-state index in [0.717, 1.165) is 25.2 Å². The van der Waals surface area contributed by atoms with Crippen molar-refractivity contribution in [2.75, 3.05) is 39.3 Å². The van der Waals surface area contributed by atoms with Crippen molar-refractivity contribution in [2.24, 2.45) is 5.41 Å². The highest BCUT2D eigenvalue weighted by molar-refractivity contribution is 4.92. The third-order valence-electron chi connectivity index (χ3n) is 5.56. The van der Waals surface area contributed by atoms with Crippen LogP contribution in [0.1, 0.15) is 53.4 Å². The molecule has 0 radical (unpaired) electrons. The van der Waals surface area contributed by atoms with E-state index in [9.17, 15) is 0 Å².